The number of benzene rings is 2. The van der Waals surface area contributed by atoms with E-state index in [1.165, 1.54) is 26.4 Å². The normalized spacial score (nSPS) is 10.7. The number of rotatable bonds is 7. The Bertz CT molecular complexity index is 1180. The van der Waals surface area contributed by atoms with Crippen LogP contribution in [0.4, 0.5) is 10.1 Å². The molecule has 1 amide bonds. The lowest BCUT2D eigenvalue weighted by atomic mass is 10.2. The second kappa shape index (κ2) is 8.70. The number of amides is 1. The van der Waals surface area contributed by atoms with E-state index in [4.69, 9.17) is 9.47 Å². The van der Waals surface area contributed by atoms with Crippen LogP contribution in [0, 0.1) is 5.82 Å². The number of nitrogens with one attached hydrogen (secondary N) is 1. The van der Waals surface area contributed by atoms with Gasteiger partial charge in [-0.05, 0) is 29.8 Å². The number of hydrogen-bond acceptors (Lipinski definition) is 5. The SMILES string of the molecule is COc1cc(NC(=O)c2nnn(Cc3cccc(F)c3)c2-n2cccc2)cc(OC)c1. The first kappa shape index (κ1) is 20.1. The highest BCUT2D eigenvalue weighted by atomic mass is 19.1. The summed E-state index contributed by atoms with van der Waals surface area (Å²) in [6, 6.07) is 14.9. The molecule has 0 unspecified atom stereocenters. The molecule has 4 aromatic rings. The van der Waals surface area contributed by atoms with Gasteiger partial charge in [0.15, 0.2) is 11.5 Å². The molecular weight excluding hydrogens is 401 g/mol. The lowest BCUT2D eigenvalue weighted by molar-refractivity contribution is 0.102. The molecular formula is C22H20FN5O3. The van der Waals surface area contributed by atoms with E-state index >= 15 is 0 Å². The van der Waals surface area contributed by atoms with Gasteiger partial charge in [0.1, 0.15) is 17.3 Å². The zero-order chi connectivity index (χ0) is 21.8. The van der Waals surface area contributed by atoms with Crippen molar-refractivity contribution in [2.24, 2.45) is 0 Å². The zero-order valence-corrected chi connectivity index (χ0v) is 16.9. The first-order chi connectivity index (χ1) is 15.1. The average Bonchev–Trinajstić information content (AvgIpc) is 3.43. The minimum atomic E-state index is -0.454. The van der Waals surface area contributed by atoms with Gasteiger partial charge in [-0.15, -0.1) is 5.10 Å². The molecule has 8 nitrogen and oxygen atoms in total. The van der Waals surface area contributed by atoms with Crippen LogP contribution in [-0.4, -0.2) is 39.7 Å². The Balaban J connectivity index is 1.68. The smallest absolute Gasteiger partial charge is 0.280 e. The number of ether oxygens (including phenoxy) is 2. The highest BCUT2D eigenvalue weighted by molar-refractivity contribution is 6.05. The number of carbonyl (C=O) groups is 1. The van der Waals surface area contributed by atoms with Crippen LogP contribution >= 0.6 is 0 Å². The second-order valence-corrected chi connectivity index (χ2v) is 6.70. The zero-order valence-electron chi connectivity index (χ0n) is 16.9. The largest absolute Gasteiger partial charge is 0.497 e. The first-order valence-corrected chi connectivity index (χ1v) is 9.43. The summed E-state index contributed by atoms with van der Waals surface area (Å²) in [6.45, 7) is 0.249. The molecule has 0 spiro atoms. The van der Waals surface area contributed by atoms with Crippen LogP contribution in [-0.2, 0) is 6.54 Å². The molecule has 0 aliphatic rings. The molecule has 1 N–H and O–H groups in total. The Labute approximate surface area is 177 Å². The van der Waals surface area contributed by atoms with Crippen molar-refractivity contribution in [3.8, 4) is 17.3 Å². The molecule has 9 heteroatoms. The molecule has 4 rings (SSSR count). The highest BCUT2D eigenvalue weighted by Gasteiger charge is 2.22. The fourth-order valence-corrected chi connectivity index (χ4v) is 3.17. The average molecular weight is 421 g/mol. The lowest BCUT2D eigenvalue weighted by Crippen LogP contribution is -2.17. The molecule has 0 atom stereocenters. The van der Waals surface area contributed by atoms with Crippen LogP contribution in [0.15, 0.2) is 67.0 Å². The maximum absolute atomic E-state index is 13.6. The summed E-state index contributed by atoms with van der Waals surface area (Å²) in [5.41, 5.74) is 1.30. The standard InChI is InChI=1S/C22H20FN5O3/c1-30-18-11-17(12-19(13-18)31-2)24-21(29)20-22(27-8-3-4-9-27)28(26-25-20)14-15-6-5-7-16(23)10-15/h3-13H,14H2,1-2H3,(H,24,29). The number of nitrogens with zero attached hydrogens (tertiary/aromatic N) is 4. The molecule has 0 radical (unpaired) electrons. The maximum Gasteiger partial charge on any atom is 0.280 e. The van der Waals surface area contributed by atoms with Crippen molar-refractivity contribution in [2.75, 3.05) is 19.5 Å². The summed E-state index contributed by atoms with van der Waals surface area (Å²) in [6.07, 6.45) is 3.57. The minimum Gasteiger partial charge on any atom is -0.497 e. The van der Waals surface area contributed by atoms with E-state index in [0.29, 0.717) is 28.6 Å². The van der Waals surface area contributed by atoms with Crippen molar-refractivity contribution in [3.05, 3.63) is 84.1 Å². The Morgan fingerprint density at radius 2 is 1.74 bits per heavy atom. The third-order valence-corrected chi connectivity index (χ3v) is 4.60. The van der Waals surface area contributed by atoms with Crippen LogP contribution in [0.25, 0.3) is 5.82 Å². The van der Waals surface area contributed by atoms with Gasteiger partial charge in [0.05, 0.1) is 20.8 Å². The van der Waals surface area contributed by atoms with Gasteiger partial charge >= 0.3 is 0 Å². The quantitative estimate of drug-likeness (QED) is 0.494. The molecule has 0 saturated heterocycles. The van der Waals surface area contributed by atoms with Gasteiger partial charge in [-0.25, -0.2) is 9.07 Å². The van der Waals surface area contributed by atoms with Crippen molar-refractivity contribution in [3.63, 3.8) is 0 Å². The predicted molar refractivity (Wildman–Crippen MR) is 112 cm³/mol. The monoisotopic (exact) mass is 421 g/mol. The predicted octanol–water partition coefficient (Wildman–Crippen LogP) is 3.53. The van der Waals surface area contributed by atoms with Crippen molar-refractivity contribution >= 4 is 11.6 Å². The van der Waals surface area contributed by atoms with Crippen LogP contribution in [0.2, 0.25) is 0 Å². The molecule has 0 aliphatic carbocycles. The number of aromatic nitrogens is 4. The summed E-state index contributed by atoms with van der Waals surface area (Å²) in [5.74, 6) is 0.737. The van der Waals surface area contributed by atoms with Gasteiger partial charge < -0.3 is 19.4 Å². The van der Waals surface area contributed by atoms with Crippen molar-refractivity contribution in [1.82, 2.24) is 19.6 Å². The van der Waals surface area contributed by atoms with Crippen LogP contribution in [0.5, 0.6) is 11.5 Å². The third kappa shape index (κ3) is 4.40. The summed E-state index contributed by atoms with van der Waals surface area (Å²) in [4.78, 5) is 13.1. The van der Waals surface area contributed by atoms with E-state index in [1.807, 2.05) is 12.1 Å². The number of carbonyl (C=O) groups excluding carboxylic acids is 1. The fraction of sp³-hybridized carbons (Fsp3) is 0.136. The Kier molecular flexibility index (Phi) is 5.65. The number of halogens is 1. The number of hydrogen-bond donors (Lipinski definition) is 1. The van der Waals surface area contributed by atoms with E-state index in [2.05, 4.69) is 15.6 Å². The minimum absolute atomic E-state index is 0.120. The van der Waals surface area contributed by atoms with Gasteiger partial charge in [-0.1, -0.05) is 17.3 Å². The second-order valence-electron chi connectivity index (χ2n) is 6.70. The van der Waals surface area contributed by atoms with Gasteiger partial charge in [0.2, 0.25) is 0 Å². The molecule has 0 saturated carbocycles. The molecule has 31 heavy (non-hydrogen) atoms. The summed E-state index contributed by atoms with van der Waals surface area (Å²) < 4.78 is 27.4. The van der Waals surface area contributed by atoms with Crippen LogP contribution in [0.3, 0.4) is 0 Å². The maximum atomic E-state index is 13.6. The van der Waals surface area contributed by atoms with Crippen LogP contribution in [0.1, 0.15) is 16.1 Å². The van der Waals surface area contributed by atoms with E-state index in [1.54, 1.807) is 52.0 Å². The Morgan fingerprint density at radius 1 is 1.03 bits per heavy atom. The van der Waals surface area contributed by atoms with E-state index < -0.39 is 5.91 Å². The number of methoxy groups -OCH3 is 2. The van der Waals surface area contributed by atoms with Crippen molar-refractivity contribution in [1.29, 1.82) is 0 Å². The van der Waals surface area contributed by atoms with Crippen molar-refractivity contribution in [2.45, 2.75) is 6.54 Å². The third-order valence-electron chi connectivity index (χ3n) is 4.60. The molecule has 158 valence electrons. The highest BCUT2D eigenvalue weighted by Crippen LogP contribution is 2.26. The lowest BCUT2D eigenvalue weighted by Gasteiger charge is -2.11. The first-order valence-electron chi connectivity index (χ1n) is 9.43. The topological polar surface area (TPSA) is 83.2 Å². The van der Waals surface area contributed by atoms with Gasteiger partial charge in [-0.3, -0.25) is 4.79 Å². The molecule has 2 aromatic heterocycles. The molecule has 0 aliphatic heterocycles. The summed E-state index contributed by atoms with van der Waals surface area (Å²) >= 11 is 0. The fourth-order valence-electron chi connectivity index (χ4n) is 3.17. The van der Waals surface area contributed by atoms with Crippen LogP contribution < -0.4 is 14.8 Å². The van der Waals surface area contributed by atoms with Gasteiger partial charge in [-0.2, -0.15) is 0 Å². The van der Waals surface area contributed by atoms with E-state index in [0.717, 1.165) is 0 Å². The summed E-state index contributed by atoms with van der Waals surface area (Å²) in [7, 11) is 3.06. The van der Waals surface area contributed by atoms with Gasteiger partial charge in [0.25, 0.3) is 5.91 Å². The Hall–Kier alpha value is -4.14. The molecule has 2 heterocycles. The van der Waals surface area contributed by atoms with E-state index in [-0.39, 0.29) is 18.1 Å². The molecule has 2 aromatic carbocycles. The molecule has 0 bridgehead atoms. The summed E-state index contributed by atoms with van der Waals surface area (Å²) in [5, 5.41) is 11.0. The van der Waals surface area contributed by atoms with Gasteiger partial charge in [0, 0.05) is 36.3 Å². The number of anilines is 1. The Morgan fingerprint density at radius 3 is 2.39 bits per heavy atom. The van der Waals surface area contributed by atoms with Crippen molar-refractivity contribution < 1.29 is 18.7 Å². The molecule has 0 fully saturated rings. The van der Waals surface area contributed by atoms with E-state index in [9.17, 15) is 9.18 Å².